The molecule has 0 aliphatic rings. The minimum atomic E-state index is 0.398. The first-order chi connectivity index (χ1) is 10.1. The summed E-state index contributed by atoms with van der Waals surface area (Å²) in [6, 6.07) is 17.7. The Morgan fingerprint density at radius 3 is 2.05 bits per heavy atom. The van der Waals surface area contributed by atoms with Crippen LogP contribution in [-0.2, 0) is 0 Å². The molecular formula is C18H24N2S. The SMILES string of the molecule is CC(C)Nc1cccc(Sc2ccccc2)c1NC(C)C. The molecule has 0 heterocycles. The van der Waals surface area contributed by atoms with E-state index in [1.165, 1.54) is 21.2 Å². The minimum Gasteiger partial charge on any atom is -0.381 e. The molecule has 0 atom stereocenters. The standard InChI is InChI=1S/C18H24N2S/c1-13(2)19-16-11-8-12-17(18(16)20-14(3)4)21-15-9-6-5-7-10-15/h5-14,19-20H,1-4H3. The van der Waals surface area contributed by atoms with E-state index < -0.39 is 0 Å². The van der Waals surface area contributed by atoms with Crippen LogP contribution in [0.1, 0.15) is 27.7 Å². The normalized spacial score (nSPS) is 11.0. The summed E-state index contributed by atoms with van der Waals surface area (Å²) >= 11 is 1.79. The second kappa shape index (κ2) is 7.41. The van der Waals surface area contributed by atoms with Crippen molar-refractivity contribution in [3.8, 4) is 0 Å². The van der Waals surface area contributed by atoms with E-state index in [1.807, 2.05) is 6.07 Å². The highest BCUT2D eigenvalue weighted by molar-refractivity contribution is 7.99. The molecule has 112 valence electrons. The first kappa shape index (κ1) is 15.8. The summed E-state index contributed by atoms with van der Waals surface area (Å²) in [4.78, 5) is 2.51. The number of hydrogen-bond donors (Lipinski definition) is 2. The van der Waals surface area contributed by atoms with Crippen molar-refractivity contribution in [3.05, 3.63) is 48.5 Å². The van der Waals surface area contributed by atoms with Gasteiger partial charge in [-0.2, -0.15) is 0 Å². The van der Waals surface area contributed by atoms with Gasteiger partial charge in [-0.15, -0.1) is 0 Å². The van der Waals surface area contributed by atoms with E-state index in [1.54, 1.807) is 11.8 Å². The van der Waals surface area contributed by atoms with E-state index >= 15 is 0 Å². The van der Waals surface area contributed by atoms with Gasteiger partial charge in [0.25, 0.3) is 0 Å². The molecule has 0 saturated carbocycles. The average Bonchev–Trinajstić information content (AvgIpc) is 2.42. The van der Waals surface area contributed by atoms with Gasteiger partial charge in [0, 0.05) is 21.9 Å². The third-order valence-electron chi connectivity index (χ3n) is 2.87. The second-order valence-corrected chi connectivity index (χ2v) is 6.81. The van der Waals surface area contributed by atoms with Crippen molar-refractivity contribution in [2.75, 3.05) is 10.6 Å². The monoisotopic (exact) mass is 300 g/mol. The zero-order chi connectivity index (χ0) is 15.2. The van der Waals surface area contributed by atoms with Gasteiger partial charge in [0.1, 0.15) is 0 Å². The maximum absolute atomic E-state index is 3.58. The van der Waals surface area contributed by atoms with E-state index in [-0.39, 0.29) is 0 Å². The molecule has 2 aromatic rings. The fourth-order valence-electron chi connectivity index (χ4n) is 2.10. The zero-order valence-corrected chi connectivity index (χ0v) is 14.0. The summed E-state index contributed by atoms with van der Waals surface area (Å²) in [6.45, 7) is 8.67. The van der Waals surface area contributed by atoms with Gasteiger partial charge in [-0.1, -0.05) is 36.0 Å². The van der Waals surface area contributed by atoms with Crippen LogP contribution in [-0.4, -0.2) is 12.1 Å². The molecule has 0 fully saturated rings. The summed E-state index contributed by atoms with van der Waals surface area (Å²) < 4.78 is 0. The molecular weight excluding hydrogens is 276 g/mol. The quantitative estimate of drug-likeness (QED) is 0.739. The van der Waals surface area contributed by atoms with Gasteiger partial charge in [0.2, 0.25) is 0 Å². The number of benzene rings is 2. The average molecular weight is 300 g/mol. The van der Waals surface area contributed by atoms with Crippen LogP contribution in [0.15, 0.2) is 58.3 Å². The van der Waals surface area contributed by atoms with Crippen LogP contribution in [0.3, 0.4) is 0 Å². The van der Waals surface area contributed by atoms with Gasteiger partial charge >= 0.3 is 0 Å². The lowest BCUT2D eigenvalue weighted by atomic mass is 10.2. The smallest absolute Gasteiger partial charge is 0.0719 e. The van der Waals surface area contributed by atoms with Gasteiger partial charge in [0.15, 0.2) is 0 Å². The Kier molecular flexibility index (Phi) is 5.57. The largest absolute Gasteiger partial charge is 0.381 e. The predicted octanol–water partition coefficient (Wildman–Crippen LogP) is 5.48. The Morgan fingerprint density at radius 2 is 1.43 bits per heavy atom. The third kappa shape index (κ3) is 4.71. The number of nitrogens with one attached hydrogen (secondary N) is 2. The summed E-state index contributed by atoms with van der Waals surface area (Å²) in [7, 11) is 0. The Bertz CT molecular complexity index is 565. The fourth-order valence-corrected chi connectivity index (χ4v) is 3.07. The van der Waals surface area contributed by atoms with Gasteiger partial charge in [-0.25, -0.2) is 0 Å². The van der Waals surface area contributed by atoms with Gasteiger partial charge in [-0.05, 0) is 52.0 Å². The van der Waals surface area contributed by atoms with Crippen LogP contribution in [0.4, 0.5) is 11.4 Å². The van der Waals surface area contributed by atoms with Gasteiger partial charge in [-0.3, -0.25) is 0 Å². The summed E-state index contributed by atoms with van der Waals surface area (Å²) in [5.41, 5.74) is 2.36. The Balaban J connectivity index is 2.34. The lowest BCUT2D eigenvalue weighted by molar-refractivity contribution is 0.879. The van der Waals surface area contributed by atoms with Gasteiger partial charge in [0.05, 0.1) is 11.4 Å². The predicted molar refractivity (Wildman–Crippen MR) is 94.5 cm³/mol. The Labute approximate surface area is 132 Å². The van der Waals surface area contributed by atoms with Crippen LogP contribution in [0.2, 0.25) is 0 Å². The number of hydrogen-bond acceptors (Lipinski definition) is 3. The number of anilines is 2. The van der Waals surface area contributed by atoms with Crippen molar-refractivity contribution in [2.24, 2.45) is 0 Å². The van der Waals surface area contributed by atoms with E-state index in [4.69, 9.17) is 0 Å². The van der Waals surface area contributed by atoms with Gasteiger partial charge < -0.3 is 10.6 Å². The van der Waals surface area contributed by atoms with E-state index in [2.05, 4.69) is 80.8 Å². The van der Waals surface area contributed by atoms with E-state index in [0.717, 1.165) is 0 Å². The zero-order valence-electron chi connectivity index (χ0n) is 13.2. The Hall–Kier alpha value is -1.61. The molecule has 0 aliphatic heterocycles. The molecule has 0 radical (unpaired) electrons. The highest BCUT2D eigenvalue weighted by atomic mass is 32.2. The molecule has 0 aliphatic carbocycles. The number of rotatable bonds is 6. The summed E-state index contributed by atoms with van der Waals surface area (Å²) in [5.74, 6) is 0. The first-order valence-electron chi connectivity index (χ1n) is 7.45. The maximum atomic E-state index is 3.58. The lowest BCUT2D eigenvalue weighted by Crippen LogP contribution is -2.16. The molecule has 2 rings (SSSR count). The molecule has 0 aromatic heterocycles. The highest BCUT2D eigenvalue weighted by Gasteiger charge is 2.11. The van der Waals surface area contributed by atoms with Crippen molar-refractivity contribution in [1.29, 1.82) is 0 Å². The molecule has 21 heavy (non-hydrogen) atoms. The first-order valence-corrected chi connectivity index (χ1v) is 8.27. The molecule has 2 N–H and O–H groups in total. The van der Waals surface area contributed by atoms with Crippen molar-refractivity contribution in [3.63, 3.8) is 0 Å². The van der Waals surface area contributed by atoms with E-state index in [0.29, 0.717) is 12.1 Å². The van der Waals surface area contributed by atoms with Crippen LogP contribution < -0.4 is 10.6 Å². The molecule has 0 saturated heterocycles. The molecule has 0 bridgehead atoms. The minimum absolute atomic E-state index is 0.398. The topological polar surface area (TPSA) is 24.1 Å². The van der Waals surface area contributed by atoms with E-state index in [9.17, 15) is 0 Å². The summed E-state index contributed by atoms with van der Waals surface area (Å²) in [6.07, 6.45) is 0. The van der Waals surface area contributed by atoms with Crippen LogP contribution in [0.25, 0.3) is 0 Å². The van der Waals surface area contributed by atoms with Crippen molar-refractivity contribution in [2.45, 2.75) is 49.6 Å². The molecule has 0 spiro atoms. The molecule has 2 nitrogen and oxygen atoms in total. The molecule has 0 amide bonds. The van der Waals surface area contributed by atoms with Crippen LogP contribution in [0, 0.1) is 0 Å². The summed E-state index contributed by atoms with van der Waals surface area (Å²) in [5, 5.41) is 7.11. The maximum Gasteiger partial charge on any atom is 0.0719 e. The highest BCUT2D eigenvalue weighted by Crippen LogP contribution is 2.38. The molecule has 2 aromatic carbocycles. The fraction of sp³-hybridized carbons (Fsp3) is 0.333. The number of para-hydroxylation sites is 1. The van der Waals surface area contributed by atoms with Crippen molar-refractivity contribution < 1.29 is 0 Å². The van der Waals surface area contributed by atoms with Crippen LogP contribution >= 0.6 is 11.8 Å². The lowest BCUT2D eigenvalue weighted by Gasteiger charge is -2.21. The van der Waals surface area contributed by atoms with Crippen LogP contribution in [0.5, 0.6) is 0 Å². The molecule has 0 unspecified atom stereocenters. The van der Waals surface area contributed by atoms with Crippen molar-refractivity contribution in [1.82, 2.24) is 0 Å². The third-order valence-corrected chi connectivity index (χ3v) is 3.94. The Morgan fingerprint density at radius 1 is 0.762 bits per heavy atom. The van der Waals surface area contributed by atoms with Crippen molar-refractivity contribution >= 4 is 23.1 Å². The second-order valence-electron chi connectivity index (χ2n) is 5.69. The molecule has 3 heteroatoms.